The van der Waals surface area contributed by atoms with Crippen molar-refractivity contribution >= 4 is 5.97 Å². The van der Waals surface area contributed by atoms with Crippen molar-refractivity contribution in [3.05, 3.63) is 0 Å². The normalized spacial score (nSPS) is 13.0. The Hall–Kier alpha value is 0.350. The van der Waals surface area contributed by atoms with E-state index in [1.54, 1.807) is 0 Å². The third-order valence-electron chi connectivity index (χ3n) is 5.32. The predicted molar refractivity (Wildman–Crippen MR) is 117 cm³/mol. The summed E-state index contributed by atoms with van der Waals surface area (Å²) in [5.41, 5.74) is 0. The summed E-state index contributed by atoms with van der Waals surface area (Å²) in [6.07, 6.45) is 18.2. The molecule has 0 amide bonds. The molecular weight excluding hydrogens is 391 g/mol. The largest absolute Gasteiger partial charge is 1.00 e. The van der Waals surface area contributed by atoms with Gasteiger partial charge in [-0.1, -0.05) is 104 Å². The molecule has 0 aromatic heterocycles. The number of aliphatic hydroxyl groups is 1. The Morgan fingerprint density at radius 3 is 1.73 bits per heavy atom. The summed E-state index contributed by atoms with van der Waals surface area (Å²) in [7, 11) is 0. The summed E-state index contributed by atoms with van der Waals surface area (Å²) in [5, 5.41) is 20.7. The van der Waals surface area contributed by atoms with Crippen molar-refractivity contribution < 1.29 is 54.0 Å². The molecule has 0 radical (unpaired) electrons. The first kappa shape index (κ1) is 32.5. The van der Waals surface area contributed by atoms with E-state index in [-0.39, 0.29) is 42.3 Å². The van der Waals surface area contributed by atoms with Gasteiger partial charge in [0, 0.05) is 0 Å². The molecule has 0 rings (SSSR count). The van der Waals surface area contributed by atoms with E-state index in [9.17, 15) is 15.0 Å². The Morgan fingerprint density at radius 1 is 0.767 bits per heavy atom. The van der Waals surface area contributed by atoms with Gasteiger partial charge in [0.05, 0.1) is 38.0 Å². The fourth-order valence-electron chi connectivity index (χ4n) is 3.49. The molecule has 0 aliphatic carbocycles. The van der Waals surface area contributed by atoms with Gasteiger partial charge in [-0.2, -0.15) is 0 Å². The second-order valence-electron chi connectivity index (χ2n) is 8.32. The van der Waals surface area contributed by atoms with E-state index in [1.165, 1.54) is 64.2 Å². The van der Waals surface area contributed by atoms with Crippen LogP contribution in [0.25, 0.3) is 0 Å². The van der Waals surface area contributed by atoms with Crippen LogP contribution in [0.5, 0.6) is 0 Å². The van der Waals surface area contributed by atoms with Crippen molar-refractivity contribution in [1.82, 2.24) is 0 Å². The van der Waals surface area contributed by atoms with Gasteiger partial charge in [0.2, 0.25) is 0 Å². The quantitative estimate of drug-likeness (QED) is 0.194. The number of aliphatic hydroxyl groups excluding tert-OH is 1. The molecule has 0 spiro atoms. The summed E-state index contributed by atoms with van der Waals surface area (Å²) in [4.78, 5) is 10.5. The molecule has 0 fully saturated rings. The Bertz CT molecular complexity index is 354. The molecule has 0 aliphatic rings. The van der Waals surface area contributed by atoms with Crippen molar-refractivity contribution in [2.75, 3.05) is 19.8 Å². The maximum absolute atomic E-state index is 10.5. The molecule has 1 N–H and O–H groups in total. The minimum Gasteiger partial charge on any atom is -0.548 e. The van der Waals surface area contributed by atoms with Crippen LogP contribution in [0.1, 0.15) is 117 Å². The number of hydrogen-bond donors (Lipinski definition) is 1. The molecule has 0 aromatic carbocycles. The average molecular weight is 439 g/mol. The fraction of sp³-hybridized carbons (Fsp3) is 0.958. The van der Waals surface area contributed by atoms with Crippen molar-refractivity contribution in [3.63, 3.8) is 0 Å². The number of unbranched alkanes of at least 4 members (excludes halogenated alkanes) is 12. The van der Waals surface area contributed by atoms with Crippen LogP contribution in [-0.4, -0.2) is 43.1 Å². The molecule has 0 heterocycles. The molecule has 6 heteroatoms. The summed E-state index contributed by atoms with van der Waals surface area (Å²) in [6, 6.07) is 0. The molecule has 30 heavy (non-hydrogen) atoms. The van der Waals surface area contributed by atoms with E-state index in [0.29, 0.717) is 6.61 Å². The third-order valence-corrected chi connectivity index (χ3v) is 5.32. The molecule has 174 valence electrons. The van der Waals surface area contributed by atoms with Crippen molar-refractivity contribution in [3.8, 4) is 0 Å². The van der Waals surface area contributed by atoms with Gasteiger partial charge in [-0.05, 0) is 12.8 Å². The zero-order valence-electron chi connectivity index (χ0n) is 20.2. The second-order valence-corrected chi connectivity index (χ2v) is 8.32. The Morgan fingerprint density at radius 2 is 1.23 bits per heavy atom. The fourth-order valence-corrected chi connectivity index (χ4v) is 3.49. The predicted octanol–water partition coefficient (Wildman–Crippen LogP) is 1.78. The molecule has 0 bridgehead atoms. The summed E-state index contributed by atoms with van der Waals surface area (Å²) < 4.78 is 11.0. The van der Waals surface area contributed by atoms with Crippen LogP contribution in [0.4, 0.5) is 0 Å². The Labute approximate surface area is 208 Å². The summed E-state index contributed by atoms with van der Waals surface area (Å²) >= 11 is 0. The van der Waals surface area contributed by atoms with Gasteiger partial charge in [-0.3, -0.25) is 0 Å². The minimum absolute atomic E-state index is 0. The molecule has 0 aromatic rings. The van der Waals surface area contributed by atoms with Gasteiger partial charge in [0.25, 0.3) is 0 Å². The third kappa shape index (κ3) is 24.6. The first-order chi connectivity index (χ1) is 14.1. The van der Waals surface area contributed by atoms with Crippen molar-refractivity contribution in [2.24, 2.45) is 0 Å². The average Bonchev–Trinajstić information content (AvgIpc) is 2.69. The van der Waals surface area contributed by atoms with Gasteiger partial charge >= 0.3 is 29.6 Å². The van der Waals surface area contributed by atoms with Gasteiger partial charge < -0.3 is 24.5 Å². The number of carboxylic acid groups (broad SMARTS) is 1. The maximum atomic E-state index is 10.5. The Kier molecular flexibility index (Phi) is 27.8. The number of carbonyl (C=O) groups excluding carboxylic acids is 1. The number of rotatable bonds is 23. The van der Waals surface area contributed by atoms with E-state index in [4.69, 9.17) is 9.47 Å². The second kappa shape index (κ2) is 25.6. The summed E-state index contributed by atoms with van der Waals surface area (Å²) in [5.74, 6) is -1.21. The standard InChI is InChI=1S/C24H48O5.Na/c1-3-5-7-9-11-13-15-17-22(25)19-29-23(20-28-21-24(26)27)18-16-14-12-10-8-6-4-2;/h22-23,25H,3-21H2,1-2H3,(H,26,27);/q;+1/p-1. The Balaban J connectivity index is 0. The number of aliphatic carboxylic acids is 1. The zero-order chi connectivity index (χ0) is 21.6. The SMILES string of the molecule is CCCCCCCCCC(O)COC(CCCCCCCCC)COCC(=O)[O-].[Na+]. The van der Waals surface area contributed by atoms with Gasteiger partial charge in [-0.25, -0.2) is 0 Å². The molecule has 0 aliphatic heterocycles. The van der Waals surface area contributed by atoms with Crippen LogP contribution in [-0.2, 0) is 14.3 Å². The van der Waals surface area contributed by atoms with Crippen LogP contribution in [0.3, 0.4) is 0 Å². The number of carboxylic acids is 1. The molecule has 5 nitrogen and oxygen atoms in total. The number of ether oxygens (including phenoxy) is 2. The van der Waals surface area contributed by atoms with E-state index in [2.05, 4.69) is 13.8 Å². The smallest absolute Gasteiger partial charge is 0.548 e. The molecule has 0 saturated carbocycles. The van der Waals surface area contributed by atoms with E-state index in [0.717, 1.165) is 38.5 Å². The molecular formula is C24H47NaO5. The van der Waals surface area contributed by atoms with Crippen molar-refractivity contribution in [1.29, 1.82) is 0 Å². The van der Waals surface area contributed by atoms with Crippen molar-refractivity contribution in [2.45, 2.75) is 129 Å². The van der Waals surface area contributed by atoms with Crippen LogP contribution < -0.4 is 34.7 Å². The molecule has 2 unspecified atom stereocenters. The van der Waals surface area contributed by atoms with E-state index >= 15 is 0 Å². The zero-order valence-corrected chi connectivity index (χ0v) is 22.2. The summed E-state index contributed by atoms with van der Waals surface area (Å²) in [6.45, 7) is 4.58. The number of hydrogen-bond acceptors (Lipinski definition) is 5. The maximum Gasteiger partial charge on any atom is 1.00 e. The molecule has 2 atom stereocenters. The van der Waals surface area contributed by atoms with Gasteiger partial charge in [0.15, 0.2) is 0 Å². The van der Waals surface area contributed by atoms with E-state index in [1.807, 2.05) is 0 Å². The first-order valence-corrected chi connectivity index (χ1v) is 12.2. The van der Waals surface area contributed by atoms with Crippen LogP contribution in [0, 0.1) is 0 Å². The van der Waals surface area contributed by atoms with Gasteiger partial charge in [-0.15, -0.1) is 0 Å². The van der Waals surface area contributed by atoms with Gasteiger partial charge in [0.1, 0.15) is 0 Å². The van der Waals surface area contributed by atoms with Crippen LogP contribution >= 0.6 is 0 Å². The topological polar surface area (TPSA) is 78.8 Å². The number of carbonyl (C=O) groups is 1. The first-order valence-electron chi connectivity index (χ1n) is 12.2. The minimum atomic E-state index is -1.21. The monoisotopic (exact) mass is 438 g/mol. The van der Waals surface area contributed by atoms with E-state index < -0.39 is 18.7 Å². The molecule has 0 saturated heterocycles. The van der Waals surface area contributed by atoms with Crippen LogP contribution in [0.2, 0.25) is 0 Å². The van der Waals surface area contributed by atoms with Crippen LogP contribution in [0.15, 0.2) is 0 Å².